The highest BCUT2D eigenvalue weighted by Crippen LogP contribution is 2.30. The maximum absolute atomic E-state index is 13.3. The first kappa shape index (κ1) is 25.7. The first-order chi connectivity index (χ1) is 16.7. The van der Waals surface area contributed by atoms with Gasteiger partial charge in [-0.05, 0) is 63.7 Å². The lowest BCUT2D eigenvalue weighted by Crippen LogP contribution is -2.29. The summed E-state index contributed by atoms with van der Waals surface area (Å²) in [4.78, 5) is 34.9. The van der Waals surface area contributed by atoms with Crippen LogP contribution in [0.1, 0.15) is 34.5 Å². The number of rotatable bonds is 7. The predicted molar refractivity (Wildman–Crippen MR) is 133 cm³/mol. The summed E-state index contributed by atoms with van der Waals surface area (Å²) in [6, 6.07) is 16.2. The fraction of sp³-hybridized carbons (Fsp3) is 0.296. The monoisotopic (exact) mass is 478 g/mol. The smallest absolute Gasteiger partial charge is 0.328 e. The van der Waals surface area contributed by atoms with Gasteiger partial charge in [0.1, 0.15) is 5.75 Å². The quantitative estimate of drug-likeness (QED) is 0.390. The molecule has 1 atom stereocenters. The third kappa shape index (κ3) is 6.16. The Kier molecular flexibility index (Phi) is 8.43. The molecule has 8 heteroatoms. The Bertz CT molecular complexity index is 1230. The molecular weight excluding hydrogens is 448 g/mol. The Balaban J connectivity index is 0.000000371. The molecule has 184 valence electrons. The van der Waals surface area contributed by atoms with Gasteiger partial charge in [0.05, 0.1) is 12.7 Å². The number of likely N-dealkylation sites (N-methyl/N-ethyl adjacent to an activating group) is 1. The SMILES string of the molecule is COc1ccc(C(=O)c2c(C)n(CC3CCCN3C)c3ccccc23)cc1.O=C(O)C=CC(=O)O. The van der Waals surface area contributed by atoms with Crippen molar-refractivity contribution in [3.8, 4) is 5.75 Å². The minimum atomic E-state index is -1.26. The molecule has 1 aromatic heterocycles. The van der Waals surface area contributed by atoms with Crippen molar-refractivity contribution in [1.29, 1.82) is 0 Å². The van der Waals surface area contributed by atoms with E-state index in [9.17, 15) is 14.4 Å². The molecule has 0 saturated carbocycles. The number of aliphatic carboxylic acids is 2. The predicted octanol–water partition coefficient (Wildman–Crippen LogP) is 4.00. The third-order valence-electron chi connectivity index (χ3n) is 6.24. The molecule has 0 aliphatic carbocycles. The number of likely N-dealkylation sites (tertiary alicyclic amines) is 1. The Morgan fingerprint density at radius 3 is 2.20 bits per heavy atom. The van der Waals surface area contributed by atoms with Crippen LogP contribution in [0.5, 0.6) is 5.75 Å². The van der Waals surface area contributed by atoms with E-state index in [1.807, 2.05) is 30.3 Å². The number of ether oxygens (including phenoxy) is 1. The zero-order valence-electron chi connectivity index (χ0n) is 20.1. The van der Waals surface area contributed by atoms with Gasteiger partial charge < -0.3 is 24.4 Å². The molecular formula is C27H30N2O6. The summed E-state index contributed by atoms with van der Waals surface area (Å²) in [7, 11) is 3.83. The molecule has 1 unspecified atom stereocenters. The van der Waals surface area contributed by atoms with E-state index in [0.29, 0.717) is 23.8 Å². The number of carbonyl (C=O) groups is 3. The molecule has 1 aliphatic heterocycles. The molecule has 2 aromatic carbocycles. The van der Waals surface area contributed by atoms with Crippen LogP contribution in [0.2, 0.25) is 0 Å². The lowest BCUT2D eigenvalue weighted by atomic mass is 10.0. The summed E-state index contributed by atoms with van der Waals surface area (Å²) < 4.78 is 7.55. The van der Waals surface area contributed by atoms with Gasteiger partial charge in [0.15, 0.2) is 5.78 Å². The highest BCUT2D eigenvalue weighted by molar-refractivity contribution is 6.17. The average Bonchev–Trinajstić information content (AvgIpc) is 3.38. The van der Waals surface area contributed by atoms with Gasteiger partial charge in [-0.1, -0.05) is 18.2 Å². The number of ketones is 1. The van der Waals surface area contributed by atoms with Crippen LogP contribution in [0.4, 0.5) is 0 Å². The first-order valence-corrected chi connectivity index (χ1v) is 11.3. The van der Waals surface area contributed by atoms with Crippen LogP contribution in [0.3, 0.4) is 0 Å². The normalized spacial score (nSPS) is 15.7. The van der Waals surface area contributed by atoms with Gasteiger partial charge in [0.25, 0.3) is 0 Å². The lowest BCUT2D eigenvalue weighted by molar-refractivity contribution is -0.134. The van der Waals surface area contributed by atoms with Gasteiger partial charge >= 0.3 is 11.9 Å². The molecule has 2 N–H and O–H groups in total. The number of carboxylic acids is 2. The van der Waals surface area contributed by atoms with Crippen molar-refractivity contribution in [2.24, 2.45) is 0 Å². The zero-order valence-corrected chi connectivity index (χ0v) is 20.1. The number of hydrogen-bond acceptors (Lipinski definition) is 5. The molecule has 0 bridgehead atoms. The Morgan fingerprint density at radius 1 is 1.03 bits per heavy atom. The molecule has 1 fully saturated rings. The number of carboxylic acid groups (broad SMARTS) is 2. The van der Waals surface area contributed by atoms with Crippen LogP contribution in [0.15, 0.2) is 60.7 Å². The van der Waals surface area contributed by atoms with E-state index < -0.39 is 11.9 Å². The molecule has 0 amide bonds. The van der Waals surface area contributed by atoms with Crippen LogP contribution in [0.25, 0.3) is 10.9 Å². The highest BCUT2D eigenvalue weighted by Gasteiger charge is 2.26. The lowest BCUT2D eigenvalue weighted by Gasteiger charge is -2.21. The topological polar surface area (TPSA) is 109 Å². The number of fused-ring (bicyclic) bond motifs is 1. The van der Waals surface area contributed by atoms with Crippen LogP contribution < -0.4 is 4.74 Å². The highest BCUT2D eigenvalue weighted by atomic mass is 16.5. The average molecular weight is 479 g/mol. The van der Waals surface area contributed by atoms with E-state index in [2.05, 4.69) is 41.6 Å². The molecule has 0 radical (unpaired) electrons. The minimum absolute atomic E-state index is 0.0740. The van der Waals surface area contributed by atoms with Gasteiger partial charge in [-0.25, -0.2) is 9.59 Å². The molecule has 0 spiro atoms. The maximum Gasteiger partial charge on any atom is 0.328 e. The molecule has 3 aromatic rings. The second-order valence-corrected chi connectivity index (χ2v) is 8.43. The third-order valence-corrected chi connectivity index (χ3v) is 6.24. The van der Waals surface area contributed by atoms with E-state index in [0.717, 1.165) is 41.0 Å². The number of carbonyl (C=O) groups excluding carboxylic acids is 1. The molecule has 35 heavy (non-hydrogen) atoms. The van der Waals surface area contributed by atoms with E-state index in [4.69, 9.17) is 14.9 Å². The zero-order chi connectivity index (χ0) is 25.5. The van der Waals surface area contributed by atoms with E-state index in [1.165, 1.54) is 12.8 Å². The maximum atomic E-state index is 13.3. The summed E-state index contributed by atoms with van der Waals surface area (Å²) in [5.74, 6) is -1.68. The number of aromatic nitrogens is 1. The van der Waals surface area contributed by atoms with Crippen LogP contribution in [0, 0.1) is 6.92 Å². The minimum Gasteiger partial charge on any atom is -0.497 e. The van der Waals surface area contributed by atoms with Gasteiger partial charge in [0.2, 0.25) is 0 Å². The van der Waals surface area contributed by atoms with Crippen molar-refractivity contribution in [3.05, 3.63) is 77.5 Å². The largest absolute Gasteiger partial charge is 0.497 e. The standard InChI is InChI=1S/C23H26N2O2.C4H4O4/c1-16-22(23(26)17-10-12-19(27-3)13-11-17)20-8-4-5-9-21(20)25(16)15-18-7-6-14-24(18)2;5-3(6)1-2-4(7)8/h4-5,8-13,18H,6-7,14-15H2,1-3H3;1-2H,(H,5,6)(H,7,8). The second kappa shape index (κ2) is 11.5. The number of nitrogens with zero attached hydrogens (tertiary/aromatic N) is 2. The molecule has 4 rings (SSSR count). The van der Waals surface area contributed by atoms with Crippen LogP contribution in [-0.2, 0) is 16.1 Å². The van der Waals surface area contributed by atoms with E-state index in [-0.39, 0.29) is 5.78 Å². The van der Waals surface area contributed by atoms with E-state index >= 15 is 0 Å². The summed E-state index contributed by atoms with van der Waals surface area (Å²) in [6.45, 7) is 4.16. The number of para-hydroxylation sites is 1. The fourth-order valence-electron chi connectivity index (χ4n) is 4.40. The van der Waals surface area contributed by atoms with Crippen molar-refractivity contribution in [1.82, 2.24) is 9.47 Å². The summed E-state index contributed by atoms with van der Waals surface area (Å²) in [5.41, 5.74) is 3.71. The number of hydrogen-bond donors (Lipinski definition) is 2. The van der Waals surface area contributed by atoms with Crippen molar-refractivity contribution in [2.45, 2.75) is 32.4 Å². The number of methoxy groups -OCH3 is 1. The Labute approximate surface area is 204 Å². The van der Waals surface area contributed by atoms with Gasteiger partial charge in [-0.2, -0.15) is 0 Å². The van der Waals surface area contributed by atoms with Crippen molar-refractivity contribution in [2.75, 3.05) is 20.7 Å². The van der Waals surface area contributed by atoms with Crippen molar-refractivity contribution < 1.29 is 29.3 Å². The summed E-state index contributed by atoms with van der Waals surface area (Å²) in [6.07, 6.45) is 3.58. The first-order valence-electron chi connectivity index (χ1n) is 11.3. The summed E-state index contributed by atoms with van der Waals surface area (Å²) >= 11 is 0. The van der Waals surface area contributed by atoms with Crippen molar-refractivity contribution >= 4 is 28.6 Å². The van der Waals surface area contributed by atoms with Gasteiger partial charge in [-0.15, -0.1) is 0 Å². The second-order valence-electron chi connectivity index (χ2n) is 8.43. The molecule has 1 aliphatic rings. The van der Waals surface area contributed by atoms with Crippen LogP contribution >= 0.6 is 0 Å². The van der Waals surface area contributed by atoms with Gasteiger partial charge in [0, 0.05) is 46.9 Å². The summed E-state index contributed by atoms with van der Waals surface area (Å²) in [5, 5.41) is 16.7. The Hall–Kier alpha value is -3.91. The fourth-order valence-corrected chi connectivity index (χ4v) is 4.40. The Morgan fingerprint density at radius 2 is 1.66 bits per heavy atom. The van der Waals surface area contributed by atoms with Crippen molar-refractivity contribution in [3.63, 3.8) is 0 Å². The molecule has 1 saturated heterocycles. The van der Waals surface area contributed by atoms with Gasteiger partial charge in [-0.3, -0.25) is 4.79 Å². The number of benzene rings is 2. The van der Waals surface area contributed by atoms with Crippen LogP contribution in [-0.4, -0.2) is 64.1 Å². The van der Waals surface area contributed by atoms with E-state index in [1.54, 1.807) is 7.11 Å². The molecule has 8 nitrogen and oxygen atoms in total. The molecule has 2 heterocycles.